The number of imidazole rings is 1. The van der Waals surface area contributed by atoms with Crippen LogP contribution in [-0.2, 0) is 4.79 Å². The Bertz CT molecular complexity index is 1810. The van der Waals surface area contributed by atoms with Crippen LogP contribution >= 0.6 is 0 Å². The number of aromatic amines is 1. The van der Waals surface area contributed by atoms with Crippen molar-refractivity contribution in [1.82, 2.24) is 19.8 Å². The van der Waals surface area contributed by atoms with Crippen LogP contribution in [-0.4, -0.2) is 91.5 Å². The lowest BCUT2D eigenvalue weighted by Crippen LogP contribution is -2.44. The Balaban J connectivity index is 1.23. The molecule has 0 unspecified atom stereocenters. The van der Waals surface area contributed by atoms with Gasteiger partial charge in [0.1, 0.15) is 23.0 Å². The first-order chi connectivity index (χ1) is 22.7. The zero-order valence-corrected chi connectivity index (χ0v) is 27.3. The van der Waals surface area contributed by atoms with E-state index in [2.05, 4.69) is 38.1 Å². The number of ether oxygens (including phenoxy) is 2. The maximum atomic E-state index is 13.7. The van der Waals surface area contributed by atoms with Crippen LogP contribution in [0.3, 0.4) is 0 Å². The molecule has 0 saturated carbocycles. The predicted octanol–water partition coefficient (Wildman–Crippen LogP) is 4.50. The normalized spacial score (nSPS) is 13.2. The van der Waals surface area contributed by atoms with Gasteiger partial charge in [-0.15, -0.1) is 0 Å². The number of piperazine rings is 1. The van der Waals surface area contributed by atoms with E-state index in [9.17, 15) is 14.4 Å². The van der Waals surface area contributed by atoms with Crippen molar-refractivity contribution in [1.29, 1.82) is 0 Å². The summed E-state index contributed by atoms with van der Waals surface area (Å²) in [5.41, 5.74) is 10.4. The molecule has 0 aliphatic carbocycles. The number of anilines is 3. The summed E-state index contributed by atoms with van der Waals surface area (Å²) in [6.07, 6.45) is 2.18. The van der Waals surface area contributed by atoms with E-state index >= 15 is 0 Å². The number of rotatable bonds is 12. The lowest BCUT2D eigenvalue weighted by atomic mass is 10.1. The molecule has 1 aliphatic heterocycles. The van der Waals surface area contributed by atoms with Crippen LogP contribution in [0.25, 0.3) is 11.0 Å². The van der Waals surface area contributed by atoms with Crippen LogP contribution in [0.4, 0.5) is 17.3 Å². The minimum Gasteiger partial charge on any atom is -0.496 e. The highest BCUT2D eigenvalue weighted by Crippen LogP contribution is 2.32. The Morgan fingerprint density at radius 2 is 1.85 bits per heavy atom. The summed E-state index contributed by atoms with van der Waals surface area (Å²) in [4.78, 5) is 51.6. The molecule has 0 atom stereocenters. The van der Waals surface area contributed by atoms with E-state index in [0.29, 0.717) is 46.7 Å². The molecule has 0 spiro atoms. The van der Waals surface area contributed by atoms with Crippen molar-refractivity contribution in [3.63, 3.8) is 0 Å². The largest absolute Gasteiger partial charge is 0.496 e. The van der Waals surface area contributed by atoms with Crippen LogP contribution in [0.5, 0.6) is 11.5 Å². The first-order valence-corrected chi connectivity index (χ1v) is 15.6. The van der Waals surface area contributed by atoms with E-state index in [-0.39, 0.29) is 23.2 Å². The van der Waals surface area contributed by atoms with Crippen LogP contribution in [0.15, 0.2) is 60.3 Å². The minimum atomic E-state index is -0.420. The predicted molar refractivity (Wildman–Crippen MR) is 183 cm³/mol. The molecular weight excluding hydrogens is 598 g/mol. The summed E-state index contributed by atoms with van der Waals surface area (Å²) in [5, 5.41) is 2.86. The molecule has 246 valence electrons. The highest BCUT2D eigenvalue weighted by Gasteiger charge is 2.22. The summed E-state index contributed by atoms with van der Waals surface area (Å²) in [5.74, 6) is 2.50. The Hall–Kier alpha value is -5.32. The molecule has 4 N–H and O–H groups in total. The summed E-state index contributed by atoms with van der Waals surface area (Å²) < 4.78 is 11.7. The van der Waals surface area contributed by atoms with Crippen molar-refractivity contribution >= 4 is 46.1 Å². The van der Waals surface area contributed by atoms with Crippen LogP contribution in [0, 0.1) is 6.92 Å². The molecule has 12 nitrogen and oxygen atoms in total. The van der Waals surface area contributed by atoms with E-state index in [1.165, 1.54) is 12.0 Å². The number of para-hydroxylation sites is 1. The molecule has 2 heterocycles. The number of likely N-dealkylation sites (N-methyl/N-ethyl adjacent to an activating group) is 1. The lowest BCUT2D eigenvalue weighted by Gasteiger charge is -2.34. The number of aryl methyl sites for hydroxylation is 1. The van der Waals surface area contributed by atoms with Crippen LogP contribution in [0.1, 0.15) is 45.5 Å². The van der Waals surface area contributed by atoms with Gasteiger partial charge in [-0.1, -0.05) is 12.1 Å². The monoisotopic (exact) mass is 639 g/mol. The number of aromatic nitrogens is 2. The van der Waals surface area contributed by atoms with Gasteiger partial charge in [0.15, 0.2) is 5.95 Å². The van der Waals surface area contributed by atoms with Crippen molar-refractivity contribution < 1.29 is 23.9 Å². The minimum absolute atomic E-state index is 0.246. The molecule has 0 bridgehead atoms. The number of nitrogens with zero attached hydrogens (tertiary/aromatic N) is 4. The second-order valence-corrected chi connectivity index (χ2v) is 11.7. The van der Waals surface area contributed by atoms with Gasteiger partial charge in [-0.2, -0.15) is 0 Å². The van der Waals surface area contributed by atoms with Gasteiger partial charge < -0.3 is 40.2 Å². The second kappa shape index (κ2) is 14.8. The van der Waals surface area contributed by atoms with Crippen molar-refractivity contribution in [2.75, 3.05) is 69.9 Å². The molecule has 1 aromatic heterocycles. The van der Waals surface area contributed by atoms with Crippen molar-refractivity contribution in [2.24, 2.45) is 0 Å². The highest BCUT2D eigenvalue weighted by atomic mass is 16.5. The van der Waals surface area contributed by atoms with Gasteiger partial charge in [0.2, 0.25) is 0 Å². The van der Waals surface area contributed by atoms with E-state index in [4.69, 9.17) is 15.2 Å². The number of methoxy groups -OCH3 is 1. The van der Waals surface area contributed by atoms with Gasteiger partial charge in [0, 0.05) is 38.8 Å². The molecule has 12 heteroatoms. The quantitative estimate of drug-likeness (QED) is 0.151. The number of hydrogen-bond donors (Lipinski definition) is 3. The number of nitrogen functional groups attached to an aromatic ring is 1. The summed E-state index contributed by atoms with van der Waals surface area (Å²) in [6, 6.07) is 15.7. The fraction of sp³-hybridized carbons (Fsp3) is 0.343. The standard InChI is InChI=1S/C35H41N7O5/c1-23-11-14-29(31(20-23)47-19-6-5-8-25(22-43)42-17-15-40(2)16-18-42)41(3)34(45)24-12-13-26(30(21-24)46-4)33(44)37-27-9-7-10-28-32(27)39-35(36)38-28/h7,9-14,20-21H,5-6,8,15-19H2,1-4H3,(H,37,44)(H3,36,38,39). The Morgan fingerprint density at radius 3 is 2.60 bits per heavy atom. The van der Waals surface area contributed by atoms with E-state index in [0.717, 1.165) is 50.3 Å². The number of fused-ring (bicyclic) bond motifs is 1. The Labute approximate surface area is 274 Å². The van der Waals surface area contributed by atoms with Gasteiger partial charge >= 0.3 is 0 Å². The number of H-pyrrole nitrogens is 1. The molecule has 47 heavy (non-hydrogen) atoms. The average molecular weight is 640 g/mol. The fourth-order valence-corrected chi connectivity index (χ4v) is 5.60. The Kier molecular flexibility index (Phi) is 10.4. The lowest BCUT2D eigenvalue weighted by molar-refractivity contribution is 0.0987. The van der Waals surface area contributed by atoms with Crippen molar-refractivity contribution in [2.45, 2.75) is 26.2 Å². The first-order valence-electron chi connectivity index (χ1n) is 15.6. The number of carbonyl (C=O) groups is 2. The van der Waals surface area contributed by atoms with E-state index in [1.54, 1.807) is 37.4 Å². The number of amides is 2. The molecule has 1 aliphatic rings. The van der Waals surface area contributed by atoms with Gasteiger partial charge in [0.25, 0.3) is 11.8 Å². The van der Waals surface area contributed by atoms with E-state index < -0.39 is 5.91 Å². The van der Waals surface area contributed by atoms with Crippen molar-refractivity contribution in [3.8, 4) is 11.5 Å². The number of unbranched alkanes of at least 4 members (excludes halogenated alkanes) is 1. The van der Waals surface area contributed by atoms with Gasteiger partial charge in [-0.05, 0) is 81.3 Å². The number of carbonyl (C=O) groups excluding carboxylic acids is 3. The van der Waals surface area contributed by atoms with Gasteiger partial charge in [-0.3, -0.25) is 9.59 Å². The highest BCUT2D eigenvalue weighted by molar-refractivity contribution is 6.11. The van der Waals surface area contributed by atoms with Crippen LogP contribution < -0.4 is 25.4 Å². The van der Waals surface area contributed by atoms with Crippen LogP contribution in [0.2, 0.25) is 0 Å². The smallest absolute Gasteiger partial charge is 0.259 e. The SMILES string of the molecule is COc1cc(C(=O)N(C)c2ccc(C)cc2OCCCCC(=C=O)N2CCN(C)CC2)ccc1C(=O)Nc1cccc2[nH]c(N)nc12. The summed E-state index contributed by atoms with van der Waals surface area (Å²) in [6.45, 7) is 5.94. The number of benzene rings is 3. The number of hydrogen-bond acceptors (Lipinski definition) is 9. The molecule has 1 saturated heterocycles. The zero-order valence-electron chi connectivity index (χ0n) is 27.3. The third-order valence-corrected chi connectivity index (χ3v) is 8.32. The van der Waals surface area contributed by atoms with Gasteiger partial charge in [0.05, 0.1) is 41.9 Å². The summed E-state index contributed by atoms with van der Waals surface area (Å²) >= 11 is 0. The number of nitrogens with one attached hydrogen (secondary N) is 2. The molecule has 5 rings (SSSR count). The fourth-order valence-electron chi connectivity index (χ4n) is 5.60. The molecule has 1 fully saturated rings. The molecular formula is C35H41N7O5. The third kappa shape index (κ3) is 7.74. The maximum Gasteiger partial charge on any atom is 0.259 e. The molecule has 0 radical (unpaired) electrons. The Morgan fingerprint density at radius 1 is 1.06 bits per heavy atom. The zero-order chi connectivity index (χ0) is 33.5. The van der Waals surface area contributed by atoms with E-state index in [1.807, 2.05) is 31.2 Å². The van der Waals surface area contributed by atoms with Crippen molar-refractivity contribution in [3.05, 3.63) is 77.0 Å². The maximum absolute atomic E-state index is 13.7. The topological polar surface area (TPSA) is 146 Å². The number of allylic oxidation sites excluding steroid dienone is 1. The molecule has 4 aromatic rings. The molecule has 3 aromatic carbocycles. The average Bonchev–Trinajstić information content (AvgIpc) is 3.47. The van der Waals surface area contributed by atoms with Gasteiger partial charge in [-0.25, -0.2) is 9.78 Å². The molecule has 2 amide bonds. The third-order valence-electron chi connectivity index (χ3n) is 8.32. The summed E-state index contributed by atoms with van der Waals surface area (Å²) in [7, 11) is 5.21. The second-order valence-electron chi connectivity index (χ2n) is 11.7. The number of nitrogens with two attached hydrogens (primary N) is 1. The first kappa shape index (κ1) is 33.1.